The highest BCUT2D eigenvalue weighted by Crippen LogP contribution is 2.69. The molecule has 0 nitrogen and oxygen atoms in total. The zero-order chi connectivity index (χ0) is 14.3. The molecule has 1 saturated carbocycles. The van der Waals surface area contributed by atoms with E-state index in [0.29, 0.717) is 0 Å². The maximum Gasteiger partial charge on any atom is 0.385 e. The second kappa shape index (κ2) is 4.28. The van der Waals surface area contributed by atoms with E-state index >= 15 is 0 Å². The van der Waals surface area contributed by atoms with Crippen molar-refractivity contribution in [2.24, 2.45) is 5.92 Å². The molecule has 1 aliphatic rings. The van der Waals surface area contributed by atoms with Crippen LogP contribution in [0.2, 0.25) is 0 Å². The molecule has 0 aromatic carbocycles. The number of hydrogen-bond acceptors (Lipinski definition) is 0. The van der Waals surface area contributed by atoms with Crippen molar-refractivity contribution in [1.29, 1.82) is 0 Å². The first-order valence-electron chi connectivity index (χ1n) is 4.78. The van der Waals surface area contributed by atoms with E-state index in [1.807, 2.05) is 0 Å². The summed E-state index contributed by atoms with van der Waals surface area (Å²) in [6, 6.07) is 0. The SMILES string of the molecule is CCC(C)C.FC1(F)C(F)(F)C(F)(F)C1(F)F. The second-order valence-corrected chi connectivity index (χ2v) is 4.10. The standard InChI is InChI=1S/C5H12.C4F8/c1-4-5(2)3;5-1(6)2(7,8)4(11,12)3(1,9)10/h5H,4H2,1-3H3;. The van der Waals surface area contributed by atoms with Gasteiger partial charge in [0.15, 0.2) is 0 Å². The molecule has 0 heterocycles. The van der Waals surface area contributed by atoms with Gasteiger partial charge < -0.3 is 0 Å². The first kappa shape index (κ1) is 16.4. The van der Waals surface area contributed by atoms with Gasteiger partial charge in [0.05, 0.1) is 0 Å². The minimum absolute atomic E-state index is 0.884. The molecule has 1 aliphatic carbocycles. The third-order valence-corrected chi connectivity index (χ3v) is 2.39. The van der Waals surface area contributed by atoms with Gasteiger partial charge in [-0.15, -0.1) is 0 Å². The molecule has 1 fully saturated rings. The van der Waals surface area contributed by atoms with Gasteiger partial charge in [0.1, 0.15) is 0 Å². The van der Waals surface area contributed by atoms with E-state index in [1.54, 1.807) is 0 Å². The number of halogens is 8. The van der Waals surface area contributed by atoms with Crippen LogP contribution >= 0.6 is 0 Å². The summed E-state index contributed by atoms with van der Waals surface area (Å²) in [6.45, 7) is 6.64. The number of hydrogen-bond donors (Lipinski definition) is 0. The van der Waals surface area contributed by atoms with Crippen LogP contribution in [-0.4, -0.2) is 23.7 Å². The molecule has 0 unspecified atom stereocenters. The predicted octanol–water partition coefficient (Wildman–Crippen LogP) is 4.59. The Morgan fingerprint density at radius 2 is 0.765 bits per heavy atom. The normalized spacial score (nSPS) is 26.8. The van der Waals surface area contributed by atoms with Crippen molar-refractivity contribution < 1.29 is 35.1 Å². The molecule has 1 rings (SSSR count). The molecule has 104 valence electrons. The van der Waals surface area contributed by atoms with Crippen LogP contribution in [0.5, 0.6) is 0 Å². The van der Waals surface area contributed by atoms with Gasteiger partial charge in [-0.1, -0.05) is 27.2 Å². The lowest BCUT2D eigenvalue weighted by atomic mass is 9.80. The minimum atomic E-state index is -5.97. The van der Waals surface area contributed by atoms with Crippen molar-refractivity contribution in [3.8, 4) is 0 Å². The van der Waals surface area contributed by atoms with Crippen LogP contribution in [0.1, 0.15) is 27.2 Å². The van der Waals surface area contributed by atoms with Crippen molar-refractivity contribution in [2.45, 2.75) is 50.9 Å². The number of alkyl halides is 8. The third-order valence-electron chi connectivity index (χ3n) is 2.39. The van der Waals surface area contributed by atoms with Gasteiger partial charge in [0.25, 0.3) is 0 Å². The Bertz CT molecular complexity index is 204. The first-order valence-corrected chi connectivity index (χ1v) is 4.78. The predicted molar refractivity (Wildman–Crippen MR) is 44.9 cm³/mol. The molecule has 0 spiro atoms. The van der Waals surface area contributed by atoms with Crippen LogP contribution in [0.4, 0.5) is 35.1 Å². The highest BCUT2D eigenvalue weighted by Gasteiger charge is 3.01. The molecule has 0 N–H and O–H groups in total. The summed E-state index contributed by atoms with van der Waals surface area (Å²) in [5.41, 5.74) is 0. The quantitative estimate of drug-likeness (QED) is 0.612. The fourth-order valence-corrected chi connectivity index (χ4v) is 0.726. The van der Waals surface area contributed by atoms with Crippen LogP contribution in [0.3, 0.4) is 0 Å². The van der Waals surface area contributed by atoms with Crippen molar-refractivity contribution in [1.82, 2.24) is 0 Å². The molecule has 0 aliphatic heterocycles. The van der Waals surface area contributed by atoms with Crippen LogP contribution in [-0.2, 0) is 0 Å². The van der Waals surface area contributed by atoms with Gasteiger partial charge in [-0.2, -0.15) is 35.1 Å². The summed E-state index contributed by atoms with van der Waals surface area (Å²) in [6.07, 6.45) is 1.31. The van der Waals surface area contributed by atoms with Gasteiger partial charge in [-0.3, -0.25) is 0 Å². The smallest absolute Gasteiger partial charge is 0.192 e. The zero-order valence-corrected chi connectivity index (χ0v) is 9.31. The Balaban J connectivity index is 0.000000437. The largest absolute Gasteiger partial charge is 0.385 e. The van der Waals surface area contributed by atoms with Gasteiger partial charge in [-0.25, -0.2) is 0 Å². The molecule has 0 saturated heterocycles. The van der Waals surface area contributed by atoms with E-state index in [0.717, 1.165) is 5.92 Å². The molecule has 8 heteroatoms. The van der Waals surface area contributed by atoms with E-state index in [9.17, 15) is 35.1 Å². The van der Waals surface area contributed by atoms with Crippen molar-refractivity contribution >= 4 is 0 Å². The van der Waals surface area contributed by atoms with Gasteiger partial charge in [-0.05, 0) is 5.92 Å². The summed E-state index contributed by atoms with van der Waals surface area (Å²) in [5, 5.41) is 0. The molecular formula is C9H12F8. The fourth-order valence-electron chi connectivity index (χ4n) is 0.726. The molecule has 0 atom stereocenters. The third kappa shape index (κ3) is 1.99. The summed E-state index contributed by atoms with van der Waals surface area (Å²) >= 11 is 0. The Morgan fingerprint density at radius 3 is 0.824 bits per heavy atom. The van der Waals surface area contributed by atoms with E-state index in [1.165, 1.54) is 6.42 Å². The summed E-state index contributed by atoms with van der Waals surface area (Å²) in [4.78, 5) is 0. The maximum atomic E-state index is 11.6. The summed E-state index contributed by atoms with van der Waals surface area (Å²) < 4.78 is 92.9. The lowest BCUT2D eigenvalue weighted by Gasteiger charge is -2.49. The lowest BCUT2D eigenvalue weighted by Crippen LogP contribution is -2.82. The molecule has 0 aromatic heterocycles. The minimum Gasteiger partial charge on any atom is -0.192 e. The van der Waals surface area contributed by atoms with Gasteiger partial charge >= 0.3 is 23.7 Å². The molecule has 0 amide bonds. The first-order chi connectivity index (χ1) is 7.27. The van der Waals surface area contributed by atoms with Crippen LogP contribution in [0.25, 0.3) is 0 Å². The van der Waals surface area contributed by atoms with Crippen molar-refractivity contribution in [2.75, 3.05) is 0 Å². The molecule has 17 heavy (non-hydrogen) atoms. The fraction of sp³-hybridized carbons (Fsp3) is 1.00. The average Bonchev–Trinajstić information content (AvgIpc) is 2.16. The Hall–Kier alpha value is -0.560. The van der Waals surface area contributed by atoms with E-state index in [4.69, 9.17) is 0 Å². The van der Waals surface area contributed by atoms with E-state index in [-0.39, 0.29) is 0 Å². The molecule has 0 aromatic rings. The zero-order valence-electron chi connectivity index (χ0n) is 9.31. The van der Waals surface area contributed by atoms with Crippen molar-refractivity contribution in [3.63, 3.8) is 0 Å². The van der Waals surface area contributed by atoms with Gasteiger partial charge in [0.2, 0.25) is 0 Å². The Morgan fingerprint density at radius 1 is 0.647 bits per heavy atom. The van der Waals surface area contributed by atoms with E-state index in [2.05, 4.69) is 20.8 Å². The summed E-state index contributed by atoms with van der Waals surface area (Å²) in [7, 11) is 0. The highest BCUT2D eigenvalue weighted by atomic mass is 19.4. The van der Waals surface area contributed by atoms with Crippen molar-refractivity contribution in [3.05, 3.63) is 0 Å². The number of rotatable bonds is 1. The highest BCUT2D eigenvalue weighted by molar-refractivity contribution is 5.22. The second-order valence-electron chi connectivity index (χ2n) is 4.10. The Kier molecular flexibility index (Phi) is 4.13. The molecular weight excluding hydrogens is 260 g/mol. The average molecular weight is 272 g/mol. The topological polar surface area (TPSA) is 0 Å². The molecule has 0 radical (unpaired) electrons. The van der Waals surface area contributed by atoms with Crippen LogP contribution in [0, 0.1) is 5.92 Å². The Labute approximate surface area is 93.0 Å². The van der Waals surface area contributed by atoms with Gasteiger partial charge in [0, 0.05) is 0 Å². The molecule has 0 bridgehead atoms. The van der Waals surface area contributed by atoms with E-state index < -0.39 is 23.7 Å². The lowest BCUT2D eigenvalue weighted by molar-refractivity contribution is -0.506. The summed E-state index contributed by atoms with van der Waals surface area (Å²) in [5.74, 6) is -23.0. The van der Waals surface area contributed by atoms with Crippen LogP contribution in [0.15, 0.2) is 0 Å². The van der Waals surface area contributed by atoms with Crippen LogP contribution < -0.4 is 0 Å². The monoisotopic (exact) mass is 272 g/mol. The maximum absolute atomic E-state index is 11.6.